The van der Waals surface area contributed by atoms with Crippen molar-refractivity contribution in [2.45, 2.75) is 6.04 Å². The smallest absolute Gasteiger partial charge is 0.187 e. The first-order valence-electron chi connectivity index (χ1n) is 6.46. The van der Waals surface area contributed by atoms with Crippen LogP contribution < -0.4 is 0 Å². The van der Waals surface area contributed by atoms with Crippen LogP contribution in [0, 0.1) is 0 Å². The molecule has 2 aromatic rings. The summed E-state index contributed by atoms with van der Waals surface area (Å²) in [6.07, 6.45) is 0. The van der Waals surface area contributed by atoms with Gasteiger partial charge in [0.15, 0.2) is 11.6 Å². The number of hydrogen-bond acceptors (Lipinski definition) is 3. The molecule has 0 fully saturated rings. The van der Waals surface area contributed by atoms with E-state index in [4.69, 9.17) is 0 Å². The molecule has 102 valence electrons. The van der Waals surface area contributed by atoms with E-state index in [1.807, 2.05) is 12.1 Å². The van der Waals surface area contributed by atoms with E-state index in [1.54, 1.807) is 67.5 Å². The predicted molar refractivity (Wildman–Crippen MR) is 79.0 cm³/mol. The van der Waals surface area contributed by atoms with Crippen molar-refractivity contribution in [3.05, 3.63) is 71.8 Å². The number of nitrogens with zero attached hydrogens (tertiary/aromatic N) is 1. The average Bonchev–Trinajstić information content (AvgIpc) is 2.48. The molecule has 0 aromatic heterocycles. The Morgan fingerprint density at radius 3 is 1.40 bits per heavy atom. The molecule has 0 atom stereocenters. The molecule has 0 amide bonds. The Balaban J connectivity index is 2.33. The maximum atomic E-state index is 12.5. The molecule has 3 nitrogen and oxygen atoms in total. The van der Waals surface area contributed by atoms with Gasteiger partial charge in [-0.25, -0.2) is 0 Å². The molecule has 0 saturated heterocycles. The molecular weight excluding hydrogens is 250 g/mol. The molecule has 0 spiro atoms. The van der Waals surface area contributed by atoms with E-state index in [-0.39, 0.29) is 11.6 Å². The molecular formula is C17H17NO2. The van der Waals surface area contributed by atoms with Crippen molar-refractivity contribution in [1.82, 2.24) is 4.90 Å². The van der Waals surface area contributed by atoms with Crippen molar-refractivity contribution in [2.75, 3.05) is 14.1 Å². The second-order valence-corrected chi connectivity index (χ2v) is 4.83. The van der Waals surface area contributed by atoms with Gasteiger partial charge in [-0.3, -0.25) is 14.5 Å². The highest BCUT2D eigenvalue weighted by Crippen LogP contribution is 2.13. The summed E-state index contributed by atoms with van der Waals surface area (Å²) in [5.41, 5.74) is 1.10. The highest BCUT2D eigenvalue weighted by molar-refractivity contribution is 6.19. The van der Waals surface area contributed by atoms with Gasteiger partial charge in [0.25, 0.3) is 0 Å². The summed E-state index contributed by atoms with van der Waals surface area (Å²) in [5.74, 6) is -0.353. The van der Waals surface area contributed by atoms with Crippen LogP contribution in [0.15, 0.2) is 60.7 Å². The monoisotopic (exact) mass is 267 g/mol. The van der Waals surface area contributed by atoms with E-state index in [0.717, 1.165) is 0 Å². The fourth-order valence-electron chi connectivity index (χ4n) is 2.11. The summed E-state index contributed by atoms with van der Waals surface area (Å²) in [4.78, 5) is 26.7. The Kier molecular flexibility index (Phi) is 4.43. The second-order valence-electron chi connectivity index (χ2n) is 4.83. The summed E-state index contributed by atoms with van der Waals surface area (Å²) in [6, 6.07) is 17.0. The number of likely N-dealkylation sites (N-methyl/N-ethyl adjacent to an activating group) is 1. The van der Waals surface area contributed by atoms with Gasteiger partial charge in [-0.2, -0.15) is 0 Å². The van der Waals surface area contributed by atoms with Crippen LogP contribution >= 0.6 is 0 Å². The van der Waals surface area contributed by atoms with Crippen LogP contribution in [0.3, 0.4) is 0 Å². The quantitative estimate of drug-likeness (QED) is 0.617. The average molecular weight is 267 g/mol. The van der Waals surface area contributed by atoms with Gasteiger partial charge in [-0.15, -0.1) is 0 Å². The van der Waals surface area contributed by atoms with E-state index < -0.39 is 6.04 Å². The first-order chi connectivity index (χ1) is 9.61. The second kappa shape index (κ2) is 6.26. The fraction of sp³-hybridized carbons (Fsp3) is 0.176. The molecule has 0 aliphatic rings. The van der Waals surface area contributed by atoms with Gasteiger partial charge in [0, 0.05) is 11.1 Å². The third-order valence-electron chi connectivity index (χ3n) is 3.13. The normalized spacial score (nSPS) is 10.8. The van der Waals surface area contributed by atoms with Gasteiger partial charge in [0.2, 0.25) is 0 Å². The molecule has 0 saturated carbocycles. The Morgan fingerprint density at radius 1 is 0.750 bits per heavy atom. The maximum absolute atomic E-state index is 12.5. The molecule has 0 heterocycles. The lowest BCUT2D eigenvalue weighted by atomic mass is 9.95. The summed E-state index contributed by atoms with van der Waals surface area (Å²) < 4.78 is 0. The molecule has 2 aromatic carbocycles. The lowest BCUT2D eigenvalue weighted by molar-refractivity contribution is 0.0757. The maximum Gasteiger partial charge on any atom is 0.187 e. The van der Waals surface area contributed by atoms with Gasteiger partial charge in [-0.05, 0) is 14.1 Å². The molecule has 0 bridgehead atoms. The van der Waals surface area contributed by atoms with Crippen LogP contribution in [0.25, 0.3) is 0 Å². The van der Waals surface area contributed by atoms with Crippen molar-refractivity contribution < 1.29 is 9.59 Å². The minimum absolute atomic E-state index is 0.176. The zero-order chi connectivity index (χ0) is 14.5. The van der Waals surface area contributed by atoms with Crippen molar-refractivity contribution >= 4 is 11.6 Å². The number of rotatable bonds is 5. The molecule has 0 aliphatic heterocycles. The largest absolute Gasteiger partial charge is 0.293 e. The molecule has 20 heavy (non-hydrogen) atoms. The van der Waals surface area contributed by atoms with Crippen molar-refractivity contribution in [3.8, 4) is 0 Å². The van der Waals surface area contributed by atoms with Crippen LogP contribution in [0.2, 0.25) is 0 Å². The summed E-state index contributed by atoms with van der Waals surface area (Å²) >= 11 is 0. The summed E-state index contributed by atoms with van der Waals surface area (Å²) in [7, 11) is 3.48. The summed E-state index contributed by atoms with van der Waals surface area (Å²) in [6.45, 7) is 0. The Bertz CT molecular complexity index is 539. The third kappa shape index (κ3) is 3.00. The first kappa shape index (κ1) is 14.2. The number of benzene rings is 2. The zero-order valence-electron chi connectivity index (χ0n) is 11.6. The lowest BCUT2D eigenvalue weighted by Gasteiger charge is -2.21. The number of carbonyl (C=O) groups is 2. The van der Waals surface area contributed by atoms with Crippen LogP contribution in [0.1, 0.15) is 20.7 Å². The van der Waals surface area contributed by atoms with Crippen molar-refractivity contribution in [2.24, 2.45) is 0 Å². The number of hydrogen-bond donors (Lipinski definition) is 0. The van der Waals surface area contributed by atoms with Crippen LogP contribution in [0.5, 0.6) is 0 Å². The van der Waals surface area contributed by atoms with Gasteiger partial charge in [0.05, 0.1) is 0 Å². The third-order valence-corrected chi connectivity index (χ3v) is 3.13. The Morgan fingerprint density at radius 2 is 1.10 bits per heavy atom. The van der Waals surface area contributed by atoms with E-state index >= 15 is 0 Å². The van der Waals surface area contributed by atoms with E-state index in [0.29, 0.717) is 11.1 Å². The number of Topliss-reactive ketones (excluding diaryl/α,β-unsaturated/α-hetero) is 2. The minimum Gasteiger partial charge on any atom is -0.293 e. The Hall–Kier alpha value is -2.26. The van der Waals surface area contributed by atoms with Crippen molar-refractivity contribution in [3.63, 3.8) is 0 Å². The van der Waals surface area contributed by atoms with Crippen molar-refractivity contribution in [1.29, 1.82) is 0 Å². The Labute approximate surface area is 118 Å². The zero-order valence-corrected chi connectivity index (χ0v) is 11.6. The van der Waals surface area contributed by atoms with Crippen LogP contribution in [-0.4, -0.2) is 36.6 Å². The number of carbonyl (C=O) groups excluding carboxylic acids is 2. The van der Waals surface area contributed by atoms with Gasteiger partial charge in [-0.1, -0.05) is 60.7 Å². The van der Waals surface area contributed by atoms with Crippen LogP contribution in [0.4, 0.5) is 0 Å². The standard InChI is InChI=1S/C17H17NO2/c1-18(2)15(16(19)13-9-5-3-6-10-13)17(20)14-11-7-4-8-12-14/h3-12,15H,1-2H3. The molecule has 0 aliphatic carbocycles. The van der Waals surface area contributed by atoms with E-state index in [9.17, 15) is 9.59 Å². The van der Waals surface area contributed by atoms with Gasteiger partial charge in [0.1, 0.15) is 6.04 Å². The molecule has 0 N–H and O–H groups in total. The highest BCUT2D eigenvalue weighted by atomic mass is 16.2. The number of ketones is 2. The van der Waals surface area contributed by atoms with Gasteiger partial charge < -0.3 is 0 Å². The SMILES string of the molecule is CN(C)C(C(=O)c1ccccc1)C(=O)c1ccccc1. The minimum atomic E-state index is -0.792. The van der Waals surface area contributed by atoms with E-state index in [1.165, 1.54) is 0 Å². The first-order valence-corrected chi connectivity index (χ1v) is 6.46. The molecule has 2 rings (SSSR count). The summed E-state index contributed by atoms with van der Waals surface area (Å²) in [5, 5.41) is 0. The predicted octanol–water partition coefficient (Wildman–Crippen LogP) is 2.68. The topological polar surface area (TPSA) is 37.4 Å². The highest BCUT2D eigenvalue weighted by Gasteiger charge is 2.30. The molecule has 0 unspecified atom stereocenters. The van der Waals surface area contributed by atoms with Gasteiger partial charge >= 0.3 is 0 Å². The molecule has 0 radical (unpaired) electrons. The van der Waals surface area contributed by atoms with E-state index in [2.05, 4.69) is 0 Å². The lowest BCUT2D eigenvalue weighted by Crippen LogP contribution is -2.42. The van der Waals surface area contributed by atoms with Crippen LogP contribution in [-0.2, 0) is 0 Å². The molecule has 3 heteroatoms. The fourth-order valence-corrected chi connectivity index (χ4v) is 2.11.